The lowest BCUT2D eigenvalue weighted by molar-refractivity contribution is -0.121. The molecule has 0 spiro atoms. The SMILES string of the molecule is CCn1cc(NC(=O)C2CCN(Cc3nc(C)no3)CC2)cn1. The number of carbonyl (C=O) groups is 1. The Labute approximate surface area is 134 Å². The van der Waals surface area contributed by atoms with Crippen LogP contribution in [0.1, 0.15) is 31.5 Å². The van der Waals surface area contributed by atoms with Crippen molar-refractivity contribution in [1.82, 2.24) is 24.8 Å². The average molecular weight is 318 g/mol. The summed E-state index contributed by atoms with van der Waals surface area (Å²) >= 11 is 0. The standard InChI is InChI=1S/C15H22N6O2/c1-3-21-9-13(8-16-21)18-15(22)12-4-6-20(7-5-12)10-14-17-11(2)19-23-14/h8-9,12H,3-7,10H2,1-2H3,(H,18,22). The summed E-state index contributed by atoms with van der Waals surface area (Å²) in [6.07, 6.45) is 5.21. The number of hydrogen-bond acceptors (Lipinski definition) is 6. The molecule has 1 saturated heterocycles. The van der Waals surface area contributed by atoms with Crippen LogP contribution in [0.25, 0.3) is 0 Å². The van der Waals surface area contributed by atoms with Gasteiger partial charge in [-0.3, -0.25) is 14.4 Å². The van der Waals surface area contributed by atoms with Gasteiger partial charge in [-0.25, -0.2) is 0 Å². The Morgan fingerprint density at radius 3 is 2.83 bits per heavy atom. The quantitative estimate of drug-likeness (QED) is 0.897. The number of carbonyl (C=O) groups excluding carboxylic acids is 1. The molecule has 23 heavy (non-hydrogen) atoms. The fraction of sp³-hybridized carbons (Fsp3) is 0.600. The molecule has 0 saturated carbocycles. The number of piperidine rings is 1. The van der Waals surface area contributed by atoms with Crippen LogP contribution in [-0.4, -0.2) is 43.8 Å². The van der Waals surface area contributed by atoms with Gasteiger partial charge in [-0.15, -0.1) is 0 Å². The van der Waals surface area contributed by atoms with Crippen LogP contribution >= 0.6 is 0 Å². The predicted molar refractivity (Wildman–Crippen MR) is 83.6 cm³/mol. The number of aryl methyl sites for hydroxylation is 2. The van der Waals surface area contributed by atoms with Crippen LogP contribution in [0, 0.1) is 12.8 Å². The minimum Gasteiger partial charge on any atom is -0.338 e. The highest BCUT2D eigenvalue weighted by molar-refractivity contribution is 5.92. The highest BCUT2D eigenvalue weighted by Gasteiger charge is 2.26. The predicted octanol–water partition coefficient (Wildman–Crippen LogP) is 1.45. The van der Waals surface area contributed by atoms with Gasteiger partial charge in [0.1, 0.15) is 0 Å². The van der Waals surface area contributed by atoms with Crippen LogP contribution in [0.2, 0.25) is 0 Å². The van der Waals surface area contributed by atoms with E-state index in [0.717, 1.165) is 38.2 Å². The monoisotopic (exact) mass is 318 g/mol. The molecule has 0 aromatic carbocycles. The molecule has 2 aromatic rings. The first kappa shape index (κ1) is 15.7. The summed E-state index contributed by atoms with van der Waals surface area (Å²) in [5.74, 6) is 1.41. The van der Waals surface area contributed by atoms with Gasteiger partial charge in [0.15, 0.2) is 5.82 Å². The number of rotatable bonds is 5. The summed E-state index contributed by atoms with van der Waals surface area (Å²) < 4.78 is 6.94. The summed E-state index contributed by atoms with van der Waals surface area (Å²) in [7, 11) is 0. The number of aromatic nitrogens is 4. The van der Waals surface area contributed by atoms with Gasteiger partial charge in [0, 0.05) is 18.7 Å². The van der Waals surface area contributed by atoms with E-state index in [9.17, 15) is 4.79 Å². The lowest BCUT2D eigenvalue weighted by atomic mass is 9.96. The lowest BCUT2D eigenvalue weighted by Gasteiger charge is -2.30. The summed E-state index contributed by atoms with van der Waals surface area (Å²) in [6.45, 7) is 6.98. The zero-order valence-corrected chi connectivity index (χ0v) is 13.5. The second kappa shape index (κ2) is 6.91. The maximum Gasteiger partial charge on any atom is 0.240 e. The molecule has 0 aliphatic carbocycles. The Morgan fingerprint density at radius 2 is 2.22 bits per heavy atom. The maximum atomic E-state index is 12.3. The Morgan fingerprint density at radius 1 is 1.43 bits per heavy atom. The number of nitrogens with zero attached hydrogens (tertiary/aromatic N) is 5. The van der Waals surface area contributed by atoms with Crippen LogP contribution < -0.4 is 5.32 Å². The number of hydrogen-bond donors (Lipinski definition) is 1. The Balaban J connectivity index is 1.47. The third kappa shape index (κ3) is 3.95. The second-order valence-corrected chi connectivity index (χ2v) is 5.86. The summed E-state index contributed by atoms with van der Waals surface area (Å²) in [5, 5.41) is 10.9. The van der Waals surface area contributed by atoms with E-state index in [2.05, 4.69) is 25.5 Å². The third-order valence-corrected chi connectivity index (χ3v) is 4.11. The topological polar surface area (TPSA) is 89.1 Å². The van der Waals surface area contributed by atoms with Crippen molar-refractivity contribution in [3.05, 3.63) is 24.1 Å². The smallest absolute Gasteiger partial charge is 0.240 e. The molecule has 8 heteroatoms. The van der Waals surface area contributed by atoms with E-state index in [1.807, 2.05) is 20.0 Å². The van der Waals surface area contributed by atoms with Crippen LogP contribution in [0.4, 0.5) is 5.69 Å². The fourth-order valence-corrected chi connectivity index (χ4v) is 2.79. The first-order valence-electron chi connectivity index (χ1n) is 7.99. The molecule has 1 fully saturated rings. The van der Waals surface area contributed by atoms with Crippen molar-refractivity contribution in [1.29, 1.82) is 0 Å². The molecule has 0 atom stereocenters. The van der Waals surface area contributed by atoms with E-state index < -0.39 is 0 Å². The van der Waals surface area contributed by atoms with Crippen molar-refractivity contribution in [3.8, 4) is 0 Å². The molecule has 3 rings (SSSR count). The van der Waals surface area contributed by atoms with Crippen molar-refractivity contribution in [2.24, 2.45) is 5.92 Å². The molecule has 0 bridgehead atoms. The van der Waals surface area contributed by atoms with Crippen molar-refractivity contribution in [2.75, 3.05) is 18.4 Å². The van der Waals surface area contributed by atoms with Gasteiger partial charge in [0.2, 0.25) is 11.8 Å². The van der Waals surface area contributed by atoms with E-state index in [4.69, 9.17) is 4.52 Å². The van der Waals surface area contributed by atoms with Gasteiger partial charge >= 0.3 is 0 Å². The molecular weight excluding hydrogens is 296 g/mol. The lowest BCUT2D eigenvalue weighted by Crippen LogP contribution is -2.37. The minimum atomic E-state index is 0.0423. The van der Waals surface area contributed by atoms with Gasteiger partial charge in [0.05, 0.1) is 18.4 Å². The first-order valence-corrected chi connectivity index (χ1v) is 7.99. The second-order valence-electron chi connectivity index (χ2n) is 5.86. The largest absolute Gasteiger partial charge is 0.338 e. The number of nitrogens with one attached hydrogen (secondary N) is 1. The van der Waals surface area contributed by atoms with Gasteiger partial charge in [-0.05, 0) is 39.8 Å². The zero-order valence-electron chi connectivity index (χ0n) is 13.5. The van der Waals surface area contributed by atoms with E-state index in [0.29, 0.717) is 18.3 Å². The summed E-state index contributed by atoms with van der Waals surface area (Å²) in [4.78, 5) is 18.8. The number of amides is 1. The average Bonchev–Trinajstić information content (AvgIpc) is 3.17. The molecule has 124 valence electrons. The third-order valence-electron chi connectivity index (χ3n) is 4.11. The molecule has 1 aliphatic rings. The normalized spacial score (nSPS) is 16.6. The summed E-state index contributed by atoms with van der Waals surface area (Å²) in [6, 6.07) is 0. The van der Waals surface area contributed by atoms with Gasteiger partial charge in [0.25, 0.3) is 0 Å². The van der Waals surface area contributed by atoms with Crippen LogP contribution in [0.3, 0.4) is 0 Å². The highest BCUT2D eigenvalue weighted by atomic mass is 16.5. The van der Waals surface area contributed by atoms with Crippen LogP contribution in [-0.2, 0) is 17.9 Å². The molecule has 0 radical (unpaired) electrons. The van der Waals surface area contributed by atoms with Crippen LogP contribution in [0.5, 0.6) is 0 Å². The Kier molecular flexibility index (Phi) is 4.71. The Hall–Kier alpha value is -2.22. The number of likely N-dealkylation sites (tertiary alicyclic amines) is 1. The van der Waals surface area contributed by atoms with Gasteiger partial charge in [-0.1, -0.05) is 5.16 Å². The van der Waals surface area contributed by atoms with Crippen molar-refractivity contribution >= 4 is 11.6 Å². The molecule has 1 N–H and O–H groups in total. The summed E-state index contributed by atoms with van der Waals surface area (Å²) in [5.41, 5.74) is 0.764. The Bertz CT molecular complexity index is 656. The maximum absolute atomic E-state index is 12.3. The fourth-order valence-electron chi connectivity index (χ4n) is 2.79. The molecule has 2 aromatic heterocycles. The molecule has 8 nitrogen and oxygen atoms in total. The van der Waals surface area contributed by atoms with E-state index in [1.54, 1.807) is 10.9 Å². The van der Waals surface area contributed by atoms with Crippen molar-refractivity contribution in [2.45, 2.75) is 39.8 Å². The van der Waals surface area contributed by atoms with E-state index >= 15 is 0 Å². The van der Waals surface area contributed by atoms with E-state index in [-0.39, 0.29) is 11.8 Å². The molecule has 0 unspecified atom stereocenters. The molecule has 1 amide bonds. The van der Waals surface area contributed by atoms with Gasteiger partial charge < -0.3 is 9.84 Å². The minimum absolute atomic E-state index is 0.0423. The van der Waals surface area contributed by atoms with Crippen molar-refractivity contribution in [3.63, 3.8) is 0 Å². The molecular formula is C15H22N6O2. The number of anilines is 1. The van der Waals surface area contributed by atoms with E-state index in [1.165, 1.54) is 0 Å². The first-order chi connectivity index (χ1) is 11.1. The highest BCUT2D eigenvalue weighted by Crippen LogP contribution is 2.20. The molecule has 3 heterocycles. The van der Waals surface area contributed by atoms with Crippen LogP contribution in [0.15, 0.2) is 16.9 Å². The zero-order chi connectivity index (χ0) is 16.2. The van der Waals surface area contributed by atoms with Crippen molar-refractivity contribution < 1.29 is 9.32 Å². The molecule has 1 aliphatic heterocycles. The van der Waals surface area contributed by atoms with Gasteiger partial charge in [-0.2, -0.15) is 10.1 Å².